The highest BCUT2D eigenvalue weighted by Gasteiger charge is 2.23. The lowest BCUT2D eigenvalue weighted by Gasteiger charge is -2.20. The van der Waals surface area contributed by atoms with Crippen LogP contribution in [-0.2, 0) is 11.3 Å². The quantitative estimate of drug-likeness (QED) is 0.811. The van der Waals surface area contributed by atoms with Gasteiger partial charge in [-0.15, -0.1) is 11.3 Å². The Morgan fingerprint density at radius 3 is 2.86 bits per heavy atom. The molecule has 3 rings (SSSR count). The molecule has 21 heavy (non-hydrogen) atoms. The van der Waals surface area contributed by atoms with Crippen molar-refractivity contribution in [3.63, 3.8) is 0 Å². The van der Waals surface area contributed by atoms with Crippen molar-refractivity contribution in [3.05, 3.63) is 44.0 Å². The summed E-state index contributed by atoms with van der Waals surface area (Å²) in [6.07, 6.45) is 1.57. The fourth-order valence-corrected chi connectivity index (χ4v) is 4.15. The molecule has 3 nitrogen and oxygen atoms in total. The first-order chi connectivity index (χ1) is 10.1. The lowest BCUT2D eigenvalue weighted by atomic mass is 10.2. The van der Waals surface area contributed by atoms with Crippen LogP contribution in [-0.4, -0.2) is 12.5 Å². The Labute approximate surface area is 141 Å². The van der Waals surface area contributed by atoms with Gasteiger partial charge >= 0.3 is 0 Å². The summed E-state index contributed by atoms with van der Waals surface area (Å²) >= 11 is 11.0. The molecular weight excluding hydrogens is 372 g/mol. The third kappa shape index (κ3) is 3.25. The highest BCUT2D eigenvalue weighted by atomic mass is 79.9. The van der Waals surface area contributed by atoms with Crippen LogP contribution in [0, 0.1) is 0 Å². The van der Waals surface area contributed by atoms with E-state index in [4.69, 9.17) is 11.6 Å². The molecule has 0 atom stereocenters. The van der Waals surface area contributed by atoms with Gasteiger partial charge < -0.3 is 10.2 Å². The maximum absolute atomic E-state index is 11.9. The number of thiophene rings is 1. The number of benzene rings is 1. The molecule has 0 aliphatic carbocycles. The van der Waals surface area contributed by atoms with Crippen molar-refractivity contribution in [1.29, 1.82) is 0 Å². The fourth-order valence-electron chi connectivity index (χ4n) is 2.42. The SMILES string of the molecule is O=C1CCCN1c1ccccc1NCc1cc(Br)c(Cl)s1. The zero-order valence-corrected chi connectivity index (χ0v) is 14.4. The predicted octanol–water partition coefficient (Wildman–Crippen LogP) is 4.90. The van der Waals surface area contributed by atoms with Crippen LogP contribution >= 0.6 is 38.9 Å². The molecule has 0 radical (unpaired) electrons. The van der Waals surface area contributed by atoms with Crippen molar-refractivity contribution in [1.82, 2.24) is 0 Å². The van der Waals surface area contributed by atoms with Crippen LogP contribution in [0.3, 0.4) is 0 Å². The number of halogens is 2. The summed E-state index contributed by atoms with van der Waals surface area (Å²) in [5.74, 6) is 0.200. The number of rotatable bonds is 4. The number of hydrogen-bond donors (Lipinski definition) is 1. The highest BCUT2D eigenvalue weighted by Crippen LogP contribution is 2.34. The van der Waals surface area contributed by atoms with Gasteiger partial charge in [0.25, 0.3) is 0 Å². The molecule has 110 valence electrons. The summed E-state index contributed by atoms with van der Waals surface area (Å²) in [7, 11) is 0. The molecule has 1 aromatic carbocycles. The van der Waals surface area contributed by atoms with Crippen molar-refractivity contribution in [2.24, 2.45) is 0 Å². The second kappa shape index (κ2) is 6.38. The minimum atomic E-state index is 0.200. The first kappa shape index (κ1) is 14.9. The number of amides is 1. The first-order valence-electron chi connectivity index (χ1n) is 6.72. The fraction of sp³-hybridized carbons (Fsp3) is 0.267. The molecule has 1 aromatic heterocycles. The molecule has 1 amide bonds. The third-order valence-corrected chi connectivity index (χ3v) is 5.89. The summed E-state index contributed by atoms with van der Waals surface area (Å²) < 4.78 is 1.68. The van der Waals surface area contributed by atoms with Gasteiger partial charge in [0.15, 0.2) is 0 Å². The van der Waals surface area contributed by atoms with Crippen LogP contribution in [0.25, 0.3) is 0 Å². The van der Waals surface area contributed by atoms with Crippen LogP contribution in [0.5, 0.6) is 0 Å². The molecule has 2 heterocycles. The van der Waals surface area contributed by atoms with Crippen molar-refractivity contribution in [3.8, 4) is 0 Å². The molecule has 1 fully saturated rings. The van der Waals surface area contributed by atoms with Gasteiger partial charge in [0.2, 0.25) is 5.91 Å². The third-order valence-electron chi connectivity index (χ3n) is 3.42. The maximum Gasteiger partial charge on any atom is 0.227 e. The lowest BCUT2D eigenvalue weighted by Crippen LogP contribution is -2.24. The normalized spacial score (nSPS) is 14.8. The molecule has 0 saturated carbocycles. The van der Waals surface area contributed by atoms with Crippen molar-refractivity contribution in [2.45, 2.75) is 19.4 Å². The molecule has 2 aromatic rings. The van der Waals surface area contributed by atoms with E-state index in [0.29, 0.717) is 13.0 Å². The number of nitrogens with one attached hydrogen (secondary N) is 1. The van der Waals surface area contributed by atoms with Gasteiger partial charge in [0.1, 0.15) is 4.34 Å². The largest absolute Gasteiger partial charge is 0.378 e. The number of carbonyl (C=O) groups excluding carboxylic acids is 1. The van der Waals surface area contributed by atoms with E-state index < -0.39 is 0 Å². The van der Waals surface area contributed by atoms with Gasteiger partial charge in [-0.1, -0.05) is 23.7 Å². The summed E-state index contributed by atoms with van der Waals surface area (Å²) in [5, 5.41) is 3.40. The van der Waals surface area contributed by atoms with E-state index in [0.717, 1.165) is 38.0 Å². The lowest BCUT2D eigenvalue weighted by molar-refractivity contribution is -0.117. The van der Waals surface area contributed by atoms with Gasteiger partial charge in [-0.2, -0.15) is 0 Å². The van der Waals surface area contributed by atoms with E-state index in [1.807, 2.05) is 35.2 Å². The molecule has 6 heteroatoms. The summed E-state index contributed by atoms with van der Waals surface area (Å²) in [4.78, 5) is 14.9. The second-order valence-corrected chi connectivity index (χ2v) is 7.45. The summed E-state index contributed by atoms with van der Waals surface area (Å²) in [5.41, 5.74) is 1.94. The molecule has 1 aliphatic rings. The zero-order valence-electron chi connectivity index (χ0n) is 11.2. The van der Waals surface area contributed by atoms with Gasteiger partial charge in [-0.05, 0) is 40.5 Å². The Morgan fingerprint density at radius 2 is 2.19 bits per heavy atom. The second-order valence-electron chi connectivity index (χ2n) is 4.85. The van der Waals surface area contributed by atoms with Gasteiger partial charge in [-0.3, -0.25) is 4.79 Å². The number of para-hydroxylation sites is 2. The van der Waals surface area contributed by atoms with Crippen molar-refractivity contribution in [2.75, 3.05) is 16.8 Å². The van der Waals surface area contributed by atoms with Crippen LogP contribution in [0.4, 0.5) is 11.4 Å². The predicted molar refractivity (Wildman–Crippen MR) is 92.4 cm³/mol. The van der Waals surface area contributed by atoms with E-state index in [2.05, 4.69) is 21.2 Å². The molecular formula is C15H14BrClN2OS. The highest BCUT2D eigenvalue weighted by molar-refractivity contribution is 9.10. The first-order valence-corrected chi connectivity index (χ1v) is 8.71. The van der Waals surface area contributed by atoms with Crippen molar-refractivity contribution < 1.29 is 4.79 Å². The molecule has 0 unspecified atom stereocenters. The van der Waals surface area contributed by atoms with E-state index >= 15 is 0 Å². The average Bonchev–Trinajstić information content (AvgIpc) is 3.03. The Balaban J connectivity index is 1.77. The maximum atomic E-state index is 11.9. The molecule has 0 spiro atoms. The van der Waals surface area contributed by atoms with Gasteiger partial charge in [0.05, 0.1) is 11.4 Å². The van der Waals surface area contributed by atoms with Gasteiger partial charge in [0, 0.05) is 28.9 Å². The number of hydrogen-bond acceptors (Lipinski definition) is 3. The molecule has 0 bridgehead atoms. The van der Waals surface area contributed by atoms with Crippen molar-refractivity contribution >= 4 is 56.1 Å². The Hall–Kier alpha value is -1.04. The van der Waals surface area contributed by atoms with Gasteiger partial charge in [-0.25, -0.2) is 0 Å². The van der Waals surface area contributed by atoms with E-state index in [1.165, 1.54) is 0 Å². The standard InChI is InChI=1S/C15H14BrClN2OS/c16-11-8-10(21-15(11)17)9-18-12-4-1-2-5-13(12)19-7-3-6-14(19)20/h1-2,4-5,8,18H,3,6-7,9H2. The van der Waals surface area contributed by atoms with Crippen LogP contribution < -0.4 is 10.2 Å². The van der Waals surface area contributed by atoms with Crippen LogP contribution in [0.15, 0.2) is 34.8 Å². The van der Waals surface area contributed by atoms with Crippen LogP contribution in [0.2, 0.25) is 4.34 Å². The summed E-state index contributed by atoms with van der Waals surface area (Å²) in [6.45, 7) is 1.49. The van der Waals surface area contributed by atoms with Crippen LogP contribution in [0.1, 0.15) is 17.7 Å². The smallest absolute Gasteiger partial charge is 0.227 e. The summed E-state index contributed by atoms with van der Waals surface area (Å²) in [6, 6.07) is 9.95. The number of nitrogens with zero attached hydrogens (tertiary/aromatic N) is 1. The van der Waals surface area contributed by atoms with E-state index in [-0.39, 0.29) is 5.91 Å². The Bertz CT molecular complexity index is 654. The number of anilines is 2. The minimum Gasteiger partial charge on any atom is -0.378 e. The monoisotopic (exact) mass is 384 g/mol. The molecule has 1 aliphatic heterocycles. The average molecular weight is 386 g/mol. The van der Waals surface area contributed by atoms with E-state index in [1.54, 1.807) is 11.3 Å². The number of carbonyl (C=O) groups is 1. The van der Waals surface area contributed by atoms with E-state index in [9.17, 15) is 4.79 Å². The molecule has 1 saturated heterocycles. The topological polar surface area (TPSA) is 32.3 Å². The minimum absolute atomic E-state index is 0.200. The Kier molecular flexibility index (Phi) is 4.52. The molecule has 1 N–H and O–H groups in total. The Morgan fingerprint density at radius 1 is 1.38 bits per heavy atom. The zero-order chi connectivity index (χ0) is 14.8.